The molecule has 6 heteroatoms. The molecule has 0 bridgehead atoms. The number of carbonyl (C=O) groups excluding carboxylic acids is 1. The lowest BCUT2D eigenvalue weighted by molar-refractivity contribution is -0.116. The van der Waals surface area contributed by atoms with Gasteiger partial charge in [0.15, 0.2) is 5.82 Å². The van der Waals surface area contributed by atoms with Gasteiger partial charge in [-0.2, -0.15) is 5.10 Å². The zero-order valence-electron chi connectivity index (χ0n) is 14.0. The number of carbonyl (C=O) groups is 1. The first-order chi connectivity index (χ1) is 11.5. The molecule has 0 atom stereocenters. The molecule has 0 fully saturated rings. The maximum Gasteiger partial charge on any atom is 0.263 e. The van der Waals surface area contributed by atoms with Crippen LogP contribution in [-0.2, 0) is 25.3 Å². The van der Waals surface area contributed by atoms with Crippen molar-refractivity contribution in [1.29, 1.82) is 0 Å². The number of anilines is 1. The second-order valence-electron chi connectivity index (χ2n) is 5.92. The molecule has 2 heterocycles. The minimum absolute atomic E-state index is 0.151. The molecule has 0 spiro atoms. The first-order valence-corrected chi connectivity index (χ1v) is 7.84. The number of hydrogen-bond donors (Lipinski definition) is 1. The fourth-order valence-electron chi connectivity index (χ4n) is 2.72. The Hall–Kier alpha value is -2.89. The lowest BCUT2D eigenvalue weighted by atomic mass is 10.1. The number of aryl methyl sites for hydroxylation is 3. The number of pyridine rings is 1. The van der Waals surface area contributed by atoms with Gasteiger partial charge in [-0.15, -0.1) is 0 Å². The highest BCUT2D eigenvalue weighted by Gasteiger charge is 2.16. The standard InChI is InChI=1S/C18H20N4O2/c1-12-11-14-16(18(24)21(12)2)17(20-22(14)3)19-15(23)10-9-13-7-5-4-6-8-13/h4-8,11H,9-10H2,1-3H3,(H,19,20,23). The third-order valence-corrected chi connectivity index (χ3v) is 4.23. The average molecular weight is 324 g/mol. The first-order valence-electron chi connectivity index (χ1n) is 7.84. The van der Waals surface area contributed by atoms with Crippen molar-refractivity contribution in [3.8, 4) is 0 Å². The van der Waals surface area contributed by atoms with Gasteiger partial charge in [0.1, 0.15) is 5.39 Å². The van der Waals surface area contributed by atoms with Gasteiger partial charge in [0.05, 0.1) is 5.52 Å². The van der Waals surface area contributed by atoms with Gasteiger partial charge in [-0.3, -0.25) is 14.3 Å². The molecule has 1 amide bonds. The van der Waals surface area contributed by atoms with E-state index in [-0.39, 0.29) is 11.5 Å². The maximum atomic E-state index is 12.5. The minimum atomic E-state index is -0.156. The Labute approximate surface area is 139 Å². The van der Waals surface area contributed by atoms with E-state index in [1.807, 2.05) is 43.3 Å². The van der Waals surface area contributed by atoms with Gasteiger partial charge in [0.25, 0.3) is 5.56 Å². The molecule has 3 aromatic rings. The molecule has 0 radical (unpaired) electrons. The summed E-state index contributed by atoms with van der Waals surface area (Å²) in [5, 5.41) is 7.52. The summed E-state index contributed by atoms with van der Waals surface area (Å²) >= 11 is 0. The fourth-order valence-corrected chi connectivity index (χ4v) is 2.72. The Kier molecular flexibility index (Phi) is 4.20. The van der Waals surface area contributed by atoms with Crippen LogP contribution in [0.25, 0.3) is 10.9 Å². The highest BCUT2D eigenvalue weighted by molar-refractivity contribution is 5.99. The van der Waals surface area contributed by atoms with Crippen LogP contribution in [0, 0.1) is 6.92 Å². The largest absolute Gasteiger partial charge is 0.315 e. The molecule has 0 aliphatic carbocycles. The summed E-state index contributed by atoms with van der Waals surface area (Å²) in [5.74, 6) is 0.174. The van der Waals surface area contributed by atoms with Gasteiger partial charge in [-0.05, 0) is 25.0 Å². The van der Waals surface area contributed by atoms with E-state index < -0.39 is 0 Å². The highest BCUT2D eigenvalue weighted by atomic mass is 16.2. The lowest BCUT2D eigenvalue weighted by Crippen LogP contribution is -2.20. The first kappa shape index (κ1) is 16.0. The van der Waals surface area contributed by atoms with Gasteiger partial charge >= 0.3 is 0 Å². The van der Waals surface area contributed by atoms with Crippen LogP contribution >= 0.6 is 0 Å². The van der Waals surface area contributed by atoms with E-state index in [0.29, 0.717) is 29.6 Å². The summed E-state index contributed by atoms with van der Waals surface area (Å²) in [4.78, 5) is 24.7. The van der Waals surface area contributed by atoms with E-state index in [0.717, 1.165) is 11.3 Å². The van der Waals surface area contributed by atoms with E-state index >= 15 is 0 Å². The van der Waals surface area contributed by atoms with Crippen LogP contribution in [0.15, 0.2) is 41.2 Å². The molecular weight excluding hydrogens is 304 g/mol. The number of rotatable bonds is 4. The molecule has 0 unspecified atom stereocenters. The van der Waals surface area contributed by atoms with Crippen molar-refractivity contribution >= 4 is 22.6 Å². The predicted molar refractivity (Wildman–Crippen MR) is 94.1 cm³/mol. The Morgan fingerprint density at radius 1 is 1.21 bits per heavy atom. The predicted octanol–water partition coefficient (Wildman–Crippen LogP) is 2.15. The van der Waals surface area contributed by atoms with Gasteiger partial charge in [0, 0.05) is 26.2 Å². The van der Waals surface area contributed by atoms with Crippen LogP contribution in [0.5, 0.6) is 0 Å². The van der Waals surface area contributed by atoms with Crippen molar-refractivity contribution < 1.29 is 4.79 Å². The molecule has 0 aliphatic rings. The van der Waals surface area contributed by atoms with Crippen molar-refractivity contribution in [2.45, 2.75) is 19.8 Å². The van der Waals surface area contributed by atoms with E-state index in [1.54, 1.807) is 23.3 Å². The molecule has 124 valence electrons. The van der Waals surface area contributed by atoms with Crippen LogP contribution in [0.4, 0.5) is 5.82 Å². The van der Waals surface area contributed by atoms with Gasteiger partial charge in [-0.1, -0.05) is 30.3 Å². The van der Waals surface area contributed by atoms with Crippen molar-refractivity contribution in [2.75, 3.05) is 5.32 Å². The molecule has 24 heavy (non-hydrogen) atoms. The number of nitrogens with zero attached hydrogens (tertiary/aromatic N) is 3. The minimum Gasteiger partial charge on any atom is -0.315 e. The molecule has 2 aromatic heterocycles. The maximum absolute atomic E-state index is 12.5. The summed E-state index contributed by atoms with van der Waals surface area (Å²) in [7, 11) is 3.48. The number of hydrogen-bond acceptors (Lipinski definition) is 3. The van der Waals surface area contributed by atoms with E-state index in [2.05, 4.69) is 10.4 Å². The van der Waals surface area contributed by atoms with Crippen LogP contribution < -0.4 is 10.9 Å². The Morgan fingerprint density at radius 2 is 1.92 bits per heavy atom. The third kappa shape index (κ3) is 2.95. The number of benzene rings is 1. The molecule has 6 nitrogen and oxygen atoms in total. The number of nitrogens with one attached hydrogen (secondary N) is 1. The topological polar surface area (TPSA) is 68.9 Å². The van der Waals surface area contributed by atoms with Crippen LogP contribution in [0.3, 0.4) is 0 Å². The van der Waals surface area contributed by atoms with Crippen molar-refractivity contribution in [3.63, 3.8) is 0 Å². The van der Waals surface area contributed by atoms with Crippen LogP contribution in [-0.4, -0.2) is 20.3 Å². The van der Waals surface area contributed by atoms with Gasteiger partial charge in [-0.25, -0.2) is 0 Å². The number of aromatic nitrogens is 3. The Balaban J connectivity index is 1.84. The second kappa shape index (κ2) is 6.31. The summed E-state index contributed by atoms with van der Waals surface area (Å²) < 4.78 is 3.18. The fraction of sp³-hybridized carbons (Fsp3) is 0.278. The Bertz CT molecular complexity index is 955. The monoisotopic (exact) mass is 324 g/mol. The third-order valence-electron chi connectivity index (χ3n) is 4.23. The van der Waals surface area contributed by atoms with Crippen LogP contribution in [0.1, 0.15) is 17.7 Å². The molecule has 1 aromatic carbocycles. The molecule has 1 N–H and O–H groups in total. The van der Waals surface area contributed by atoms with Crippen molar-refractivity contribution in [2.24, 2.45) is 14.1 Å². The van der Waals surface area contributed by atoms with E-state index in [1.165, 1.54) is 0 Å². The number of fused-ring (bicyclic) bond motifs is 1. The summed E-state index contributed by atoms with van der Waals surface area (Å²) in [6.07, 6.45) is 0.989. The quantitative estimate of drug-likeness (QED) is 0.799. The zero-order chi connectivity index (χ0) is 17.3. The second-order valence-corrected chi connectivity index (χ2v) is 5.92. The summed E-state index contributed by atoms with van der Waals surface area (Å²) in [6.45, 7) is 1.87. The SMILES string of the molecule is Cc1cc2c(c(NC(=O)CCc3ccccc3)nn2C)c(=O)n1C. The molecule has 0 aliphatic heterocycles. The van der Waals surface area contributed by atoms with Crippen molar-refractivity contribution in [1.82, 2.24) is 14.3 Å². The smallest absolute Gasteiger partial charge is 0.263 e. The molecule has 0 saturated carbocycles. The molecule has 3 rings (SSSR count). The van der Waals surface area contributed by atoms with Crippen LogP contribution in [0.2, 0.25) is 0 Å². The summed E-state index contributed by atoms with van der Waals surface area (Å²) in [5.41, 5.74) is 2.51. The lowest BCUT2D eigenvalue weighted by Gasteiger charge is -2.05. The van der Waals surface area contributed by atoms with Gasteiger partial charge in [0.2, 0.25) is 5.91 Å². The average Bonchev–Trinajstić information content (AvgIpc) is 2.87. The molecule has 0 saturated heterocycles. The molecular formula is C18H20N4O2. The normalized spacial score (nSPS) is 11.0. The van der Waals surface area contributed by atoms with Crippen molar-refractivity contribution in [3.05, 3.63) is 58.0 Å². The number of amides is 1. The van der Waals surface area contributed by atoms with Gasteiger partial charge < -0.3 is 9.88 Å². The van der Waals surface area contributed by atoms with E-state index in [4.69, 9.17) is 0 Å². The highest BCUT2D eigenvalue weighted by Crippen LogP contribution is 2.19. The Morgan fingerprint density at radius 3 is 2.62 bits per heavy atom. The van der Waals surface area contributed by atoms with E-state index in [9.17, 15) is 9.59 Å². The zero-order valence-corrected chi connectivity index (χ0v) is 14.0. The summed E-state index contributed by atoms with van der Waals surface area (Å²) in [6, 6.07) is 11.7.